The van der Waals surface area contributed by atoms with Gasteiger partial charge < -0.3 is 0 Å². The van der Waals surface area contributed by atoms with Gasteiger partial charge in [-0.05, 0) is 37.1 Å². The summed E-state index contributed by atoms with van der Waals surface area (Å²) in [6, 6.07) is 4.74. The van der Waals surface area contributed by atoms with Crippen LogP contribution in [-0.2, 0) is 37.1 Å². The molecule has 0 N–H and O–H groups in total. The number of nitrogens with zero attached hydrogens (tertiary/aromatic N) is 3. The number of hydrogen-bond donors (Lipinski definition) is 0. The summed E-state index contributed by atoms with van der Waals surface area (Å²) in [5.74, 6) is -0.487. The summed E-state index contributed by atoms with van der Waals surface area (Å²) in [6.07, 6.45) is 1.28. The molecule has 0 amide bonds. The number of rotatable bonds is 2. The van der Waals surface area contributed by atoms with Gasteiger partial charge in [-0.3, -0.25) is 14.2 Å². The van der Waals surface area contributed by atoms with Crippen LogP contribution in [0.5, 0.6) is 0 Å². The van der Waals surface area contributed by atoms with E-state index in [-0.39, 0.29) is 17.0 Å². The number of aromatic nitrogens is 2. The first-order valence-electron chi connectivity index (χ1n) is 7.32. The van der Waals surface area contributed by atoms with Gasteiger partial charge in [-0.1, -0.05) is 0 Å². The highest BCUT2D eigenvalue weighted by atomic mass is 32.2. The second kappa shape index (κ2) is 5.61. The Hall–Kier alpha value is -1.93. The minimum atomic E-state index is -3.76. The molecule has 0 radical (unpaired) electrons. The fourth-order valence-electron chi connectivity index (χ4n) is 2.94. The quantitative estimate of drug-likeness (QED) is 0.820. The van der Waals surface area contributed by atoms with E-state index < -0.39 is 15.8 Å². The minimum absolute atomic E-state index is 0.0371. The van der Waals surface area contributed by atoms with E-state index in [1.165, 1.54) is 21.1 Å². The SMILES string of the molecule is Cn1c2c(c(=O)n1C)CN(S(=O)(=O)c1ccc(F)cc1)CCC2. The van der Waals surface area contributed by atoms with E-state index in [4.69, 9.17) is 0 Å². The lowest BCUT2D eigenvalue weighted by molar-refractivity contribution is 0.406. The molecule has 0 unspecified atom stereocenters. The van der Waals surface area contributed by atoms with Crippen molar-refractivity contribution in [3.05, 3.63) is 51.7 Å². The standard InChI is InChI=1S/C15H18FN3O3S/c1-17-14-4-3-9-19(10-13(14)15(20)18(17)2)23(21,22)12-7-5-11(16)6-8-12/h5-8H,3-4,9-10H2,1-2H3. The van der Waals surface area contributed by atoms with Gasteiger partial charge in [0.15, 0.2) is 0 Å². The second-order valence-corrected chi connectivity index (χ2v) is 7.61. The summed E-state index contributed by atoms with van der Waals surface area (Å²) < 4.78 is 43.1. The van der Waals surface area contributed by atoms with Gasteiger partial charge in [0, 0.05) is 32.9 Å². The summed E-state index contributed by atoms with van der Waals surface area (Å²) in [6.45, 7) is 0.375. The van der Waals surface area contributed by atoms with Crippen molar-refractivity contribution in [2.45, 2.75) is 24.3 Å². The van der Waals surface area contributed by atoms with E-state index in [0.717, 1.165) is 17.8 Å². The molecule has 2 aromatic rings. The van der Waals surface area contributed by atoms with Crippen molar-refractivity contribution in [2.75, 3.05) is 6.54 Å². The van der Waals surface area contributed by atoms with Gasteiger partial charge in [0.2, 0.25) is 10.0 Å². The first-order valence-corrected chi connectivity index (χ1v) is 8.76. The third kappa shape index (κ3) is 2.61. The molecule has 1 aliphatic heterocycles. The third-order valence-corrected chi connectivity index (χ3v) is 6.21. The molecule has 0 saturated carbocycles. The summed E-state index contributed by atoms with van der Waals surface area (Å²) in [4.78, 5) is 12.3. The Kier molecular flexibility index (Phi) is 3.89. The van der Waals surface area contributed by atoms with Crippen molar-refractivity contribution in [3.8, 4) is 0 Å². The average molecular weight is 339 g/mol. The van der Waals surface area contributed by atoms with E-state index >= 15 is 0 Å². The molecule has 23 heavy (non-hydrogen) atoms. The Morgan fingerprint density at radius 1 is 1.09 bits per heavy atom. The van der Waals surface area contributed by atoms with Crippen LogP contribution in [0.1, 0.15) is 17.7 Å². The molecule has 124 valence electrons. The molecule has 8 heteroatoms. The Balaban J connectivity index is 2.02. The van der Waals surface area contributed by atoms with Gasteiger partial charge in [0.25, 0.3) is 5.56 Å². The minimum Gasteiger partial charge on any atom is -0.290 e. The molecule has 0 saturated heterocycles. The van der Waals surface area contributed by atoms with Crippen molar-refractivity contribution >= 4 is 10.0 Å². The van der Waals surface area contributed by atoms with Crippen LogP contribution >= 0.6 is 0 Å². The van der Waals surface area contributed by atoms with Crippen LogP contribution in [0.4, 0.5) is 4.39 Å². The molecule has 0 aliphatic carbocycles. The van der Waals surface area contributed by atoms with E-state index in [9.17, 15) is 17.6 Å². The lowest BCUT2D eigenvalue weighted by Crippen LogP contribution is -2.33. The number of halogens is 1. The molecule has 0 atom stereocenters. The van der Waals surface area contributed by atoms with Crippen molar-refractivity contribution in [1.29, 1.82) is 0 Å². The zero-order chi connectivity index (χ0) is 16.8. The van der Waals surface area contributed by atoms with Crippen LogP contribution in [0.15, 0.2) is 34.0 Å². The summed E-state index contributed by atoms with van der Waals surface area (Å²) in [5, 5.41) is 0. The maximum Gasteiger partial charge on any atom is 0.271 e. The highest BCUT2D eigenvalue weighted by molar-refractivity contribution is 7.89. The number of fused-ring (bicyclic) bond motifs is 1. The largest absolute Gasteiger partial charge is 0.290 e. The Morgan fingerprint density at radius 2 is 1.74 bits per heavy atom. The zero-order valence-electron chi connectivity index (χ0n) is 13.0. The highest BCUT2D eigenvalue weighted by Crippen LogP contribution is 2.23. The molecule has 3 rings (SSSR count). The fraction of sp³-hybridized carbons (Fsp3) is 0.400. The topological polar surface area (TPSA) is 64.3 Å². The third-order valence-electron chi connectivity index (χ3n) is 4.35. The van der Waals surface area contributed by atoms with Crippen LogP contribution < -0.4 is 5.56 Å². The van der Waals surface area contributed by atoms with Gasteiger partial charge in [-0.25, -0.2) is 12.8 Å². The van der Waals surface area contributed by atoms with Gasteiger partial charge in [-0.15, -0.1) is 0 Å². The van der Waals surface area contributed by atoms with Crippen LogP contribution in [0.25, 0.3) is 0 Å². The Bertz CT molecular complexity index is 897. The van der Waals surface area contributed by atoms with Crippen LogP contribution in [0.3, 0.4) is 0 Å². The molecule has 1 aromatic heterocycles. The first-order chi connectivity index (χ1) is 10.8. The summed E-state index contributed by atoms with van der Waals surface area (Å²) in [5.41, 5.74) is 1.20. The number of hydrogen-bond acceptors (Lipinski definition) is 3. The second-order valence-electron chi connectivity index (χ2n) is 5.67. The van der Waals surface area contributed by atoms with Gasteiger partial charge >= 0.3 is 0 Å². The van der Waals surface area contributed by atoms with Crippen LogP contribution in [0.2, 0.25) is 0 Å². The van der Waals surface area contributed by atoms with Crippen molar-refractivity contribution in [1.82, 2.24) is 13.7 Å². The lowest BCUT2D eigenvalue weighted by atomic mass is 10.2. The monoisotopic (exact) mass is 339 g/mol. The maximum absolute atomic E-state index is 13.0. The fourth-order valence-corrected chi connectivity index (χ4v) is 4.39. The maximum atomic E-state index is 13.0. The van der Waals surface area contributed by atoms with E-state index in [1.54, 1.807) is 18.8 Å². The smallest absolute Gasteiger partial charge is 0.271 e. The van der Waals surface area contributed by atoms with Gasteiger partial charge in [-0.2, -0.15) is 4.31 Å². The molecule has 0 bridgehead atoms. The van der Waals surface area contributed by atoms with Crippen molar-refractivity contribution in [2.24, 2.45) is 14.1 Å². The van der Waals surface area contributed by atoms with E-state index in [1.807, 2.05) is 0 Å². The number of benzene rings is 1. The molecule has 6 nitrogen and oxygen atoms in total. The first kappa shape index (κ1) is 15.9. The molecule has 2 heterocycles. The van der Waals surface area contributed by atoms with Crippen molar-refractivity contribution in [3.63, 3.8) is 0 Å². The molecular formula is C15H18FN3O3S. The summed E-state index contributed by atoms with van der Waals surface area (Å²) >= 11 is 0. The Morgan fingerprint density at radius 3 is 2.39 bits per heavy atom. The van der Waals surface area contributed by atoms with Gasteiger partial charge in [0.1, 0.15) is 5.82 Å². The number of sulfonamides is 1. The summed E-state index contributed by atoms with van der Waals surface area (Å²) in [7, 11) is -0.297. The molecule has 1 aliphatic rings. The van der Waals surface area contributed by atoms with Crippen LogP contribution in [-0.4, -0.2) is 28.6 Å². The van der Waals surface area contributed by atoms with E-state index in [2.05, 4.69) is 0 Å². The van der Waals surface area contributed by atoms with Crippen LogP contribution in [0, 0.1) is 5.82 Å². The average Bonchev–Trinajstić information content (AvgIpc) is 2.71. The molecular weight excluding hydrogens is 321 g/mol. The predicted molar refractivity (Wildman–Crippen MR) is 83.0 cm³/mol. The predicted octanol–water partition coefficient (Wildman–Crippen LogP) is 1.000. The molecule has 0 fully saturated rings. The lowest BCUT2D eigenvalue weighted by Gasteiger charge is -2.19. The molecule has 0 spiro atoms. The normalized spacial score (nSPS) is 16.1. The Labute approximate surface area is 133 Å². The van der Waals surface area contributed by atoms with Gasteiger partial charge in [0.05, 0.1) is 10.5 Å². The van der Waals surface area contributed by atoms with Crippen molar-refractivity contribution < 1.29 is 12.8 Å². The van der Waals surface area contributed by atoms with E-state index in [0.29, 0.717) is 24.9 Å². The zero-order valence-corrected chi connectivity index (χ0v) is 13.8. The molecule has 1 aromatic carbocycles. The highest BCUT2D eigenvalue weighted by Gasteiger charge is 2.30.